The van der Waals surface area contributed by atoms with Crippen LogP contribution in [0.25, 0.3) is 0 Å². The fourth-order valence-corrected chi connectivity index (χ4v) is 8.94. The van der Waals surface area contributed by atoms with E-state index < -0.39 is 17.5 Å². The maximum atomic E-state index is 14.4. The summed E-state index contributed by atoms with van der Waals surface area (Å²) in [4.78, 5) is 64.1. The number of hydrogen-bond acceptors (Lipinski definition) is 7. The van der Waals surface area contributed by atoms with Crippen LogP contribution < -0.4 is 5.32 Å². The van der Waals surface area contributed by atoms with Crippen molar-refractivity contribution in [1.82, 2.24) is 24.9 Å². The molecule has 3 saturated heterocycles. The van der Waals surface area contributed by atoms with E-state index in [2.05, 4.69) is 35.9 Å². The fourth-order valence-electron chi connectivity index (χ4n) is 8.94. The van der Waals surface area contributed by atoms with Crippen LogP contribution in [-0.2, 0) is 23.9 Å². The van der Waals surface area contributed by atoms with E-state index in [4.69, 9.17) is 4.74 Å². The summed E-state index contributed by atoms with van der Waals surface area (Å²) in [7, 11) is 3.83. The van der Waals surface area contributed by atoms with Crippen LogP contribution in [0.1, 0.15) is 150 Å². The van der Waals surface area contributed by atoms with E-state index in [0.29, 0.717) is 19.5 Å². The van der Waals surface area contributed by atoms with Gasteiger partial charge in [-0.25, -0.2) is 4.79 Å². The minimum atomic E-state index is -0.681. The van der Waals surface area contributed by atoms with Crippen LogP contribution in [0.3, 0.4) is 0 Å². The third-order valence-corrected chi connectivity index (χ3v) is 12.5. The number of likely N-dealkylation sites (N-methyl/N-ethyl adjacent to an activating group) is 2. The average Bonchev–Trinajstić information content (AvgIpc) is 3.85. The van der Waals surface area contributed by atoms with Crippen molar-refractivity contribution in [3.63, 3.8) is 0 Å². The molecule has 1 N–H and O–H groups in total. The molecule has 55 heavy (non-hydrogen) atoms. The molecule has 0 saturated carbocycles. The monoisotopic (exact) mass is 766 g/mol. The van der Waals surface area contributed by atoms with E-state index in [1.807, 2.05) is 70.1 Å². The number of amides is 3. The first-order valence-corrected chi connectivity index (χ1v) is 21.8. The molecule has 0 aliphatic carbocycles. The van der Waals surface area contributed by atoms with Gasteiger partial charge < -0.3 is 19.9 Å². The fraction of sp³-hybridized carbons (Fsp3) is 0.778. The lowest BCUT2D eigenvalue weighted by molar-refractivity contribution is -0.160. The molecular weight excluding hydrogens is 691 g/mol. The van der Waals surface area contributed by atoms with Crippen LogP contribution in [0, 0.1) is 11.3 Å². The molecule has 3 fully saturated rings. The first-order valence-electron chi connectivity index (χ1n) is 21.8. The van der Waals surface area contributed by atoms with Crippen molar-refractivity contribution in [2.45, 2.75) is 174 Å². The van der Waals surface area contributed by atoms with Gasteiger partial charge in [0.05, 0.1) is 12.1 Å². The lowest BCUT2D eigenvalue weighted by Crippen LogP contribution is -2.61. The van der Waals surface area contributed by atoms with Gasteiger partial charge in [-0.3, -0.25) is 24.2 Å². The van der Waals surface area contributed by atoms with Gasteiger partial charge >= 0.3 is 5.97 Å². The van der Waals surface area contributed by atoms with Crippen molar-refractivity contribution in [3.8, 4) is 0 Å². The van der Waals surface area contributed by atoms with Crippen molar-refractivity contribution in [3.05, 3.63) is 35.9 Å². The lowest BCUT2D eigenvalue weighted by Gasteiger charge is -2.41. The number of benzene rings is 1. The van der Waals surface area contributed by atoms with Crippen LogP contribution in [0.5, 0.6) is 0 Å². The van der Waals surface area contributed by atoms with Crippen molar-refractivity contribution in [2.24, 2.45) is 11.3 Å². The summed E-state index contributed by atoms with van der Waals surface area (Å²) < 4.78 is 6.29. The molecule has 0 spiro atoms. The molecule has 3 amide bonds. The predicted molar refractivity (Wildman–Crippen MR) is 220 cm³/mol. The summed E-state index contributed by atoms with van der Waals surface area (Å²) in [5, 5.41) is 3.16. The number of likely N-dealkylation sites (tertiary alicyclic amines) is 3. The quantitative estimate of drug-likeness (QED) is 0.116. The Morgan fingerprint density at radius 1 is 0.836 bits per heavy atom. The summed E-state index contributed by atoms with van der Waals surface area (Å²) in [5.41, 5.74) is 0.516. The number of hydrogen-bond donors (Lipinski definition) is 1. The Balaban J connectivity index is 1.41. The molecule has 4 rings (SSSR count). The smallest absolute Gasteiger partial charge is 0.329 e. The largest absolute Gasteiger partial charge is 0.456 e. The van der Waals surface area contributed by atoms with Gasteiger partial charge in [0.2, 0.25) is 17.7 Å². The van der Waals surface area contributed by atoms with Gasteiger partial charge in [0.1, 0.15) is 18.2 Å². The lowest BCUT2D eigenvalue weighted by atomic mass is 9.84. The Kier molecular flexibility index (Phi) is 17.5. The molecule has 0 radical (unpaired) electrons. The highest BCUT2D eigenvalue weighted by Gasteiger charge is 2.44. The molecular formula is C45H75N5O5. The van der Waals surface area contributed by atoms with E-state index >= 15 is 0 Å². The number of carbonyl (C=O) groups is 4. The second kappa shape index (κ2) is 21.5. The van der Waals surface area contributed by atoms with Crippen molar-refractivity contribution in [1.29, 1.82) is 0 Å². The third-order valence-electron chi connectivity index (χ3n) is 12.5. The van der Waals surface area contributed by atoms with Gasteiger partial charge in [-0.15, -0.1) is 0 Å². The number of piperidine rings is 1. The molecule has 3 aliphatic heterocycles. The van der Waals surface area contributed by atoms with Crippen LogP contribution in [0.4, 0.5) is 0 Å². The second-order valence-corrected chi connectivity index (χ2v) is 18.1. The van der Waals surface area contributed by atoms with E-state index in [1.54, 1.807) is 4.90 Å². The molecule has 3 heterocycles. The number of rotatable bonds is 19. The third kappa shape index (κ3) is 12.5. The topological polar surface area (TPSA) is 102 Å². The van der Waals surface area contributed by atoms with Crippen LogP contribution in [0.15, 0.2) is 30.3 Å². The molecule has 10 nitrogen and oxygen atoms in total. The molecule has 0 aromatic heterocycles. The Morgan fingerprint density at radius 2 is 1.47 bits per heavy atom. The van der Waals surface area contributed by atoms with Gasteiger partial charge in [-0.05, 0) is 88.4 Å². The maximum absolute atomic E-state index is 14.4. The maximum Gasteiger partial charge on any atom is 0.329 e. The van der Waals surface area contributed by atoms with E-state index in [1.165, 1.54) is 32.1 Å². The SMILES string of the molecule is CCCCCCCCCC(OC(=O)C1CCCN1C(=O)C1CCCN1CC(C(C)C)N(C)C(=O)[C@@H](NC(=O)C1CCCCN1C)C(C)(C)C)c1ccccc1. The highest BCUT2D eigenvalue weighted by molar-refractivity contribution is 5.91. The van der Waals surface area contributed by atoms with Gasteiger partial charge in [-0.1, -0.05) is 117 Å². The van der Waals surface area contributed by atoms with Gasteiger partial charge in [0.15, 0.2) is 0 Å². The molecule has 1 aromatic rings. The van der Waals surface area contributed by atoms with Crippen LogP contribution in [-0.4, -0.2) is 114 Å². The number of unbranched alkanes of at least 4 members (excludes halogenated alkanes) is 6. The van der Waals surface area contributed by atoms with E-state index in [-0.39, 0.29) is 53.8 Å². The number of nitrogens with zero attached hydrogens (tertiary/aromatic N) is 4. The normalized spacial score (nSPS) is 22.7. The summed E-state index contributed by atoms with van der Waals surface area (Å²) in [5.74, 6) is -0.374. The van der Waals surface area contributed by atoms with Crippen molar-refractivity contribution in [2.75, 3.05) is 40.3 Å². The highest BCUT2D eigenvalue weighted by Crippen LogP contribution is 2.31. The molecule has 6 atom stereocenters. The summed E-state index contributed by atoms with van der Waals surface area (Å²) >= 11 is 0. The van der Waals surface area contributed by atoms with Crippen molar-refractivity contribution < 1.29 is 23.9 Å². The Bertz CT molecular complexity index is 1360. The van der Waals surface area contributed by atoms with Gasteiger partial charge in [0.25, 0.3) is 0 Å². The zero-order valence-electron chi connectivity index (χ0n) is 35.7. The minimum absolute atomic E-state index is 0.00629. The second-order valence-electron chi connectivity index (χ2n) is 18.1. The molecule has 1 aromatic carbocycles. The molecule has 0 bridgehead atoms. The van der Waals surface area contributed by atoms with Crippen LogP contribution in [0.2, 0.25) is 0 Å². The number of nitrogens with one attached hydrogen (secondary N) is 1. The predicted octanol–water partition coefficient (Wildman–Crippen LogP) is 7.37. The summed E-state index contributed by atoms with van der Waals surface area (Å²) in [6, 6.07) is 8.02. The number of carbonyl (C=O) groups excluding carboxylic acids is 4. The molecule has 10 heteroatoms. The molecule has 310 valence electrons. The highest BCUT2D eigenvalue weighted by atomic mass is 16.5. The Labute approximate surface area is 333 Å². The van der Waals surface area contributed by atoms with Crippen molar-refractivity contribution >= 4 is 23.7 Å². The molecule has 5 unspecified atom stereocenters. The number of esters is 1. The Morgan fingerprint density at radius 3 is 2.13 bits per heavy atom. The van der Waals surface area contributed by atoms with E-state index in [9.17, 15) is 19.2 Å². The number of ether oxygens (including phenoxy) is 1. The standard InChI is InChI=1S/C45H75N5O5/c1-9-10-11-12-13-14-18-28-39(34-23-16-15-17-24-34)55-44(54)37-27-22-31-50(37)42(52)36-26-21-30-49(36)32-38(33(2)3)48(8)43(53)40(45(4,5)6)46-41(51)35-25-19-20-29-47(35)7/h15-17,23-24,33,35-40H,9-14,18-22,25-32H2,1-8H3,(H,46,51)/t35?,36?,37?,38?,39?,40-/m1/s1. The molecule has 3 aliphatic rings. The average molecular weight is 766 g/mol. The summed E-state index contributed by atoms with van der Waals surface area (Å²) in [6.45, 7) is 15.2. The first-order chi connectivity index (χ1) is 26.2. The van der Waals surface area contributed by atoms with E-state index in [0.717, 1.165) is 76.4 Å². The van der Waals surface area contributed by atoms with Gasteiger partial charge in [0, 0.05) is 26.2 Å². The zero-order valence-corrected chi connectivity index (χ0v) is 35.7. The first kappa shape index (κ1) is 44.7. The summed E-state index contributed by atoms with van der Waals surface area (Å²) in [6.07, 6.45) is 14.7. The minimum Gasteiger partial charge on any atom is -0.456 e. The van der Waals surface area contributed by atoms with Gasteiger partial charge in [-0.2, -0.15) is 0 Å². The Hall–Kier alpha value is -2.98. The van der Waals surface area contributed by atoms with Crippen LogP contribution >= 0.6 is 0 Å². The zero-order chi connectivity index (χ0) is 40.1.